The lowest BCUT2D eigenvalue weighted by Gasteiger charge is -2.18. The Morgan fingerprint density at radius 1 is 1.13 bits per heavy atom. The Kier molecular flexibility index (Phi) is 5.36. The average Bonchev–Trinajstić information content (AvgIpc) is 3.04. The van der Waals surface area contributed by atoms with Crippen molar-refractivity contribution >= 4 is 34.4 Å². The van der Waals surface area contributed by atoms with E-state index in [1.54, 1.807) is 16.7 Å². The van der Waals surface area contributed by atoms with Crippen LogP contribution in [0.25, 0.3) is 0 Å². The number of rotatable bonds is 4. The van der Waals surface area contributed by atoms with Crippen molar-refractivity contribution in [2.75, 3.05) is 13.1 Å². The van der Waals surface area contributed by atoms with Crippen LogP contribution in [0, 0.1) is 0 Å². The lowest BCUT2D eigenvalue weighted by molar-refractivity contribution is -0.126. The Morgan fingerprint density at radius 2 is 1.87 bits per heavy atom. The molecule has 1 heterocycles. The number of aliphatic imine (C=N–C) groups is 1. The molecule has 0 fully saturated rings. The molecule has 0 atom stereocenters. The Morgan fingerprint density at radius 3 is 2.65 bits per heavy atom. The first-order chi connectivity index (χ1) is 11.2. The van der Waals surface area contributed by atoms with Crippen LogP contribution in [0.2, 0.25) is 5.02 Å². The molecular formula is C18H17ClN2OS. The zero-order chi connectivity index (χ0) is 16.1. The third-order valence-electron chi connectivity index (χ3n) is 3.62. The van der Waals surface area contributed by atoms with Crippen molar-refractivity contribution in [1.82, 2.24) is 4.90 Å². The fraction of sp³-hybridized carbons (Fsp3) is 0.222. The number of nitrogens with zero attached hydrogens (tertiary/aromatic N) is 2. The van der Waals surface area contributed by atoms with Gasteiger partial charge in [-0.1, -0.05) is 71.9 Å². The summed E-state index contributed by atoms with van der Waals surface area (Å²) >= 11 is 7.75. The molecule has 3 nitrogen and oxygen atoms in total. The van der Waals surface area contributed by atoms with Gasteiger partial charge in [-0.25, -0.2) is 0 Å². The summed E-state index contributed by atoms with van der Waals surface area (Å²) in [4.78, 5) is 18.8. The minimum absolute atomic E-state index is 0.0964. The molecular weight excluding hydrogens is 328 g/mol. The molecule has 0 saturated carbocycles. The van der Waals surface area contributed by atoms with Crippen LogP contribution in [0.4, 0.5) is 0 Å². The molecule has 1 aliphatic rings. The monoisotopic (exact) mass is 344 g/mol. The predicted molar refractivity (Wildman–Crippen MR) is 96.9 cm³/mol. The van der Waals surface area contributed by atoms with E-state index in [0.29, 0.717) is 25.3 Å². The molecule has 5 heteroatoms. The highest BCUT2D eigenvalue weighted by Gasteiger charge is 2.24. The number of halogens is 1. The van der Waals surface area contributed by atoms with Gasteiger partial charge in [0.15, 0.2) is 5.17 Å². The number of hydrogen-bond acceptors (Lipinski definition) is 3. The maximum Gasteiger partial charge on any atom is 0.233 e. The van der Waals surface area contributed by atoms with Crippen molar-refractivity contribution in [3.05, 3.63) is 70.7 Å². The molecule has 23 heavy (non-hydrogen) atoms. The molecule has 0 saturated heterocycles. The second-order valence-corrected chi connectivity index (χ2v) is 6.60. The highest BCUT2D eigenvalue weighted by Crippen LogP contribution is 2.24. The van der Waals surface area contributed by atoms with Gasteiger partial charge in [0, 0.05) is 17.3 Å². The molecule has 1 aliphatic heterocycles. The van der Waals surface area contributed by atoms with Crippen LogP contribution in [0.15, 0.2) is 59.6 Å². The van der Waals surface area contributed by atoms with E-state index >= 15 is 0 Å². The van der Waals surface area contributed by atoms with E-state index < -0.39 is 0 Å². The predicted octanol–water partition coefficient (Wildman–Crippen LogP) is 4.01. The number of thioether (sulfide) groups is 1. The lowest BCUT2D eigenvalue weighted by atomic mass is 10.1. The molecule has 0 bridgehead atoms. The standard InChI is InChI=1S/C18H17ClN2OS/c19-16-9-5-4-8-15(16)13-23-18-20-10-11-21(18)17(22)12-14-6-2-1-3-7-14/h1-9H,10-13H2. The minimum Gasteiger partial charge on any atom is -0.289 e. The Hall–Kier alpha value is -1.78. The van der Waals surface area contributed by atoms with Gasteiger partial charge in [0.1, 0.15) is 0 Å². The van der Waals surface area contributed by atoms with Crippen molar-refractivity contribution in [2.24, 2.45) is 4.99 Å². The molecule has 2 aromatic rings. The number of carbonyl (C=O) groups is 1. The largest absolute Gasteiger partial charge is 0.289 e. The van der Waals surface area contributed by atoms with Crippen molar-refractivity contribution in [2.45, 2.75) is 12.2 Å². The smallest absolute Gasteiger partial charge is 0.233 e. The average molecular weight is 345 g/mol. The van der Waals surface area contributed by atoms with Gasteiger partial charge < -0.3 is 0 Å². The molecule has 0 N–H and O–H groups in total. The first kappa shape index (κ1) is 16.1. The fourth-order valence-corrected chi connectivity index (χ4v) is 3.75. The Bertz CT molecular complexity index is 718. The summed E-state index contributed by atoms with van der Waals surface area (Å²) in [5.41, 5.74) is 2.09. The highest BCUT2D eigenvalue weighted by atomic mass is 35.5. The van der Waals surface area contributed by atoms with Crippen LogP contribution < -0.4 is 0 Å². The van der Waals surface area contributed by atoms with Crippen LogP contribution in [-0.2, 0) is 17.0 Å². The van der Waals surface area contributed by atoms with Gasteiger partial charge in [-0.15, -0.1) is 0 Å². The Labute approximate surface area is 145 Å². The molecule has 0 spiro atoms. The van der Waals surface area contributed by atoms with Crippen molar-refractivity contribution in [3.63, 3.8) is 0 Å². The van der Waals surface area contributed by atoms with Crippen LogP contribution >= 0.6 is 23.4 Å². The van der Waals surface area contributed by atoms with Gasteiger partial charge in [-0.05, 0) is 17.2 Å². The highest BCUT2D eigenvalue weighted by molar-refractivity contribution is 8.13. The van der Waals surface area contributed by atoms with E-state index in [9.17, 15) is 4.79 Å². The van der Waals surface area contributed by atoms with Gasteiger partial charge in [-0.2, -0.15) is 0 Å². The lowest BCUT2D eigenvalue weighted by Crippen LogP contribution is -2.34. The molecule has 0 aliphatic carbocycles. The summed E-state index contributed by atoms with van der Waals surface area (Å²) in [7, 11) is 0. The van der Waals surface area contributed by atoms with Gasteiger partial charge in [0.2, 0.25) is 5.91 Å². The van der Waals surface area contributed by atoms with E-state index in [1.165, 1.54) is 0 Å². The number of benzene rings is 2. The zero-order valence-corrected chi connectivity index (χ0v) is 14.2. The molecule has 3 rings (SSSR count). The Balaban J connectivity index is 1.61. The van der Waals surface area contributed by atoms with Gasteiger partial charge in [0.25, 0.3) is 0 Å². The SMILES string of the molecule is O=C(Cc1ccccc1)N1CCN=C1SCc1ccccc1Cl. The molecule has 0 radical (unpaired) electrons. The molecule has 0 aromatic heterocycles. The maximum atomic E-state index is 12.5. The number of hydrogen-bond donors (Lipinski definition) is 0. The second kappa shape index (κ2) is 7.66. The summed E-state index contributed by atoms with van der Waals surface area (Å²) in [6.45, 7) is 1.34. The topological polar surface area (TPSA) is 32.7 Å². The minimum atomic E-state index is 0.0964. The molecule has 118 valence electrons. The van der Waals surface area contributed by atoms with E-state index in [2.05, 4.69) is 4.99 Å². The summed E-state index contributed by atoms with van der Waals surface area (Å²) in [6.07, 6.45) is 0.409. The molecule has 0 unspecified atom stereocenters. The van der Waals surface area contributed by atoms with Gasteiger partial charge in [-0.3, -0.25) is 14.7 Å². The van der Waals surface area contributed by atoms with Crippen LogP contribution in [0.1, 0.15) is 11.1 Å². The number of amides is 1. The van der Waals surface area contributed by atoms with E-state index in [4.69, 9.17) is 11.6 Å². The van der Waals surface area contributed by atoms with Gasteiger partial charge >= 0.3 is 0 Å². The first-order valence-electron chi connectivity index (χ1n) is 7.49. The number of amidine groups is 1. The third-order valence-corrected chi connectivity index (χ3v) is 5.05. The van der Waals surface area contributed by atoms with Crippen LogP contribution in [0.3, 0.4) is 0 Å². The first-order valence-corrected chi connectivity index (χ1v) is 8.85. The number of carbonyl (C=O) groups excluding carboxylic acids is 1. The van der Waals surface area contributed by atoms with Crippen molar-refractivity contribution < 1.29 is 4.79 Å². The molecule has 1 amide bonds. The normalized spacial score (nSPS) is 14.0. The van der Waals surface area contributed by atoms with Crippen LogP contribution in [-0.4, -0.2) is 29.1 Å². The summed E-state index contributed by atoms with van der Waals surface area (Å²) in [5, 5.41) is 1.55. The van der Waals surface area contributed by atoms with Crippen molar-refractivity contribution in [1.29, 1.82) is 0 Å². The van der Waals surface area contributed by atoms with E-state index in [0.717, 1.165) is 21.3 Å². The maximum absolute atomic E-state index is 12.5. The second-order valence-electron chi connectivity index (χ2n) is 5.25. The fourth-order valence-electron chi connectivity index (χ4n) is 2.41. The zero-order valence-electron chi connectivity index (χ0n) is 12.6. The molecule has 2 aromatic carbocycles. The third kappa shape index (κ3) is 4.15. The summed E-state index contributed by atoms with van der Waals surface area (Å²) in [6, 6.07) is 17.6. The quantitative estimate of drug-likeness (QED) is 0.839. The van der Waals surface area contributed by atoms with E-state index in [1.807, 2.05) is 54.6 Å². The summed E-state index contributed by atoms with van der Waals surface area (Å²) < 4.78 is 0. The van der Waals surface area contributed by atoms with E-state index in [-0.39, 0.29) is 5.91 Å². The van der Waals surface area contributed by atoms with Crippen LogP contribution in [0.5, 0.6) is 0 Å². The van der Waals surface area contributed by atoms with Gasteiger partial charge in [0.05, 0.1) is 13.0 Å². The summed E-state index contributed by atoms with van der Waals surface area (Å²) in [5.74, 6) is 0.812. The van der Waals surface area contributed by atoms with Crippen molar-refractivity contribution in [3.8, 4) is 0 Å².